The van der Waals surface area contributed by atoms with E-state index in [4.69, 9.17) is 18.7 Å². The molecular formula is C23H23N3O7S. The number of methoxy groups -OCH3 is 1. The highest BCUT2D eigenvalue weighted by Crippen LogP contribution is 2.29. The normalized spacial score (nSPS) is 14.9. The molecule has 11 heteroatoms. The van der Waals surface area contributed by atoms with Gasteiger partial charge in [0, 0.05) is 24.7 Å². The van der Waals surface area contributed by atoms with E-state index in [0.29, 0.717) is 24.6 Å². The molecule has 3 aromatic rings. The minimum absolute atomic E-state index is 0.0201. The van der Waals surface area contributed by atoms with Crippen LogP contribution in [0.1, 0.15) is 11.5 Å². The maximum atomic E-state index is 13.1. The van der Waals surface area contributed by atoms with E-state index in [0.717, 1.165) is 5.56 Å². The molecule has 1 fully saturated rings. The fourth-order valence-corrected chi connectivity index (χ4v) is 4.89. The second-order valence-corrected chi connectivity index (χ2v) is 9.15. The van der Waals surface area contributed by atoms with Gasteiger partial charge in [-0.1, -0.05) is 41.6 Å². The van der Waals surface area contributed by atoms with Crippen molar-refractivity contribution in [2.24, 2.45) is 0 Å². The van der Waals surface area contributed by atoms with Crippen molar-refractivity contribution in [3.63, 3.8) is 0 Å². The molecule has 0 aliphatic carbocycles. The summed E-state index contributed by atoms with van der Waals surface area (Å²) in [6.07, 6.45) is 2.66. The molecule has 0 atom stereocenters. The predicted molar refractivity (Wildman–Crippen MR) is 121 cm³/mol. The number of sulfonamides is 1. The van der Waals surface area contributed by atoms with Crippen molar-refractivity contribution in [2.45, 2.75) is 11.5 Å². The van der Waals surface area contributed by atoms with Gasteiger partial charge in [-0.15, -0.1) is 0 Å². The van der Waals surface area contributed by atoms with Gasteiger partial charge >= 0.3 is 5.97 Å². The molecule has 1 aliphatic rings. The molecule has 178 valence electrons. The zero-order valence-corrected chi connectivity index (χ0v) is 19.2. The van der Waals surface area contributed by atoms with Gasteiger partial charge in [0.2, 0.25) is 15.8 Å². The van der Waals surface area contributed by atoms with Crippen molar-refractivity contribution in [1.82, 2.24) is 14.4 Å². The topological polar surface area (TPSA) is 121 Å². The maximum absolute atomic E-state index is 13.1. The maximum Gasteiger partial charge on any atom is 0.331 e. The Kier molecular flexibility index (Phi) is 7.36. The lowest BCUT2D eigenvalue weighted by Crippen LogP contribution is -2.40. The van der Waals surface area contributed by atoms with Gasteiger partial charge < -0.3 is 18.7 Å². The first-order valence-electron chi connectivity index (χ1n) is 10.5. The van der Waals surface area contributed by atoms with Crippen LogP contribution in [0.2, 0.25) is 0 Å². The minimum Gasteiger partial charge on any atom is -0.495 e. The summed E-state index contributed by atoms with van der Waals surface area (Å²) in [5, 5.41) is 3.87. The number of esters is 1. The predicted octanol–water partition coefficient (Wildman–Crippen LogP) is 2.52. The average molecular weight is 486 g/mol. The van der Waals surface area contributed by atoms with Gasteiger partial charge in [-0.2, -0.15) is 9.29 Å². The van der Waals surface area contributed by atoms with Gasteiger partial charge in [0.25, 0.3) is 5.89 Å². The molecule has 0 saturated carbocycles. The molecule has 2 aromatic carbocycles. The largest absolute Gasteiger partial charge is 0.495 e. The van der Waals surface area contributed by atoms with E-state index in [1.165, 1.54) is 29.6 Å². The van der Waals surface area contributed by atoms with Crippen LogP contribution < -0.4 is 4.74 Å². The smallest absolute Gasteiger partial charge is 0.331 e. The first-order chi connectivity index (χ1) is 16.5. The van der Waals surface area contributed by atoms with E-state index in [9.17, 15) is 13.2 Å². The Balaban J connectivity index is 1.42. The van der Waals surface area contributed by atoms with Crippen LogP contribution in [-0.2, 0) is 30.9 Å². The third-order valence-electron chi connectivity index (χ3n) is 5.03. The molecule has 0 N–H and O–H groups in total. The number of benzene rings is 2. The molecule has 34 heavy (non-hydrogen) atoms. The first-order valence-corrected chi connectivity index (χ1v) is 11.9. The molecule has 0 bridgehead atoms. The average Bonchev–Trinajstić information content (AvgIpc) is 3.36. The lowest BCUT2D eigenvalue weighted by molar-refractivity contribution is -0.139. The number of ether oxygens (including phenoxy) is 3. The lowest BCUT2D eigenvalue weighted by atomic mass is 10.2. The Morgan fingerprint density at radius 2 is 1.91 bits per heavy atom. The van der Waals surface area contributed by atoms with Crippen molar-refractivity contribution < 1.29 is 31.9 Å². The molecule has 1 aromatic heterocycles. The second-order valence-electron chi connectivity index (χ2n) is 7.25. The number of carbonyl (C=O) groups excluding carboxylic acids is 1. The van der Waals surface area contributed by atoms with Crippen molar-refractivity contribution in [2.75, 3.05) is 33.4 Å². The van der Waals surface area contributed by atoms with Gasteiger partial charge in [0.1, 0.15) is 10.6 Å². The van der Waals surface area contributed by atoms with Crippen molar-refractivity contribution in [3.05, 3.63) is 66.1 Å². The summed E-state index contributed by atoms with van der Waals surface area (Å²) < 4.78 is 48.2. The van der Waals surface area contributed by atoms with E-state index in [2.05, 4.69) is 10.1 Å². The lowest BCUT2D eigenvalue weighted by Gasteiger charge is -2.26. The number of hydrogen-bond acceptors (Lipinski definition) is 9. The molecule has 0 amide bonds. The Hall–Kier alpha value is -3.54. The number of rotatable bonds is 8. The highest BCUT2D eigenvalue weighted by molar-refractivity contribution is 7.89. The van der Waals surface area contributed by atoms with Crippen LogP contribution in [0.3, 0.4) is 0 Å². The van der Waals surface area contributed by atoms with Crippen LogP contribution in [0.4, 0.5) is 0 Å². The molecule has 1 aliphatic heterocycles. The highest BCUT2D eigenvalue weighted by atomic mass is 32.2. The van der Waals surface area contributed by atoms with E-state index in [1.54, 1.807) is 12.1 Å². The summed E-state index contributed by atoms with van der Waals surface area (Å²) in [5.41, 5.74) is 1.28. The third kappa shape index (κ3) is 5.50. The Labute approximate surface area is 196 Å². The molecule has 10 nitrogen and oxygen atoms in total. The number of aromatic nitrogens is 2. The standard InChI is InChI=1S/C23H23N3O7S/c1-30-19-9-7-17(15-20(19)34(28,29)26-11-13-31-14-12-26)8-10-22(27)32-16-21-24-23(25-33-21)18-5-3-2-4-6-18/h2-10,15H,11-14,16H2,1H3/b10-8+. The summed E-state index contributed by atoms with van der Waals surface area (Å²) in [6, 6.07) is 13.9. The SMILES string of the molecule is COc1ccc(/C=C/C(=O)OCc2nc(-c3ccccc3)no2)cc1S(=O)(=O)N1CCOCC1. The summed E-state index contributed by atoms with van der Waals surface area (Å²) in [5.74, 6) is 0.128. The van der Waals surface area contributed by atoms with Crippen LogP contribution >= 0.6 is 0 Å². The van der Waals surface area contributed by atoms with Crippen LogP contribution in [0.25, 0.3) is 17.5 Å². The molecule has 0 radical (unpaired) electrons. The van der Waals surface area contributed by atoms with Gasteiger partial charge in [-0.05, 0) is 23.8 Å². The fraction of sp³-hybridized carbons (Fsp3) is 0.261. The Bertz CT molecular complexity index is 1270. The summed E-state index contributed by atoms with van der Waals surface area (Å²) in [6.45, 7) is 1.00. The zero-order valence-electron chi connectivity index (χ0n) is 18.4. The summed E-state index contributed by atoms with van der Waals surface area (Å²) in [7, 11) is -2.38. The molecule has 2 heterocycles. The number of nitrogens with zero attached hydrogens (tertiary/aromatic N) is 3. The number of carbonyl (C=O) groups is 1. The van der Waals surface area contributed by atoms with Crippen LogP contribution in [-0.4, -0.2) is 62.2 Å². The molecule has 0 unspecified atom stereocenters. The van der Waals surface area contributed by atoms with E-state index < -0.39 is 16.0 Å². The van der Waals surface area contributed by atoms with Crippen molar-refractivity contribution in [3.8, 4) is 17.1 Å². The van der Waals surface area contributed by atoms with E-state index >= 15 is 0 Å². The quantitative estimate of drug-likeness (QED) is 0.350. The van der Waals surface area contributed by atoms with Crippen LogP contribution in [0.15, 0.2) is 64.0 Å². The molecule has 4 rings (SSSR count). The molecule has 0 spiro atoms. The van der Waals surface area contributed by atoms with Crippen molar-refractivity contribution >= 4 is 22.1 Å². The summed E-state index contributed by atoms with van der Waals surface area (Å²) in [4.78, 5) is 16.4. The van der Waals surface area contributed by atoms with Gasteiger partial charge in [0.05, 0.1) is 20.3 Å². The Morgan fingerprint density at radius 3 is 2.65 bits per heavy atom. The summed E-state index contributed by atoms with van der Waals surface area (Å²) >= 11 is 0. The fourth-order valence-electron chi connectivity index (χ4n) is 3.29. The zero-order chi connectivity index (χ0) is 24.0. The van der Waals surface area contributed by atoms with Crippen LogP contribution in [0.5, 0.6) is 5.75 Å². The Morgan fingerprint density at radius 1 is 1.15 bits per heavy atom. The number of morpholine rings is 1. The number of hydrogen-bond donors (Lipinski definition) is 0. The third-order valence-corrected chi connectivity index (χ3v) is 6.95. The van der Waals surface area contributed by atoms with Gasteiger partial charge in [-0.3, -0.25) is 0 Å². The van der Waals surface area contributed by atoms with Gasteiger partial charge in [-0.25, -0.2) is 13.2 Å². The van der Waals surface area contributed by atoms with Crippen molar-refractivity contribution in [1.29, 1.82) is 0 Å². The molecular weight excluding hydrogens is 462 g/mol. The highest BCUT2D eigenvalue weighted by Gasteiger charge is 2.29. The van der Waals surface area contributed by atoms with Crippen LogP contribution in [0, 0.1) is 0 Å². The first kappa shape index (κ1) is 23.6. The monoisotopic (exact) mass is 485 g/mol. The van der Waals surface area contributed by atoms with Gasteiger partial charge in [0.15, 0.2) is 6.61 Å². The van der Waals surface area contributed by atoms with E-state index in [-0.39, 0.29) is 36.2 Å². The minimum atomic E-state index is -3.78. The molecule has 1 saturated heterocycles. The second kappa shape index (κ2) is 10.6. The van der Waals surface area contributed by atoms with E-state index in [1.807, 2.05) is 30.3 Å².